The topological polar surface area (TPSA) is 56.5 Å². The molecule has 0 fully saturated rings. The third kappa shape index (κ3) is 2.43. The van der Waals surface area contributed by atoms with Gasteiger partial charge in [0.2, 0.25) is 0 Å². The number of aryl methyl sites for hydroxylation is 2. The Bertz CT molecular complexity index is 1130. The Labute approximate surface area is 149 Å². The fourth-order valence-corrected chi connectivity index (χ4v) is 3.52. The molecule has 1 aliphatic rings. The number of hydrogen-bond acceptors (Lipinski definition) is 4. The summed E-state index contributed by atoms with van der Waals surface area (Å²) in [6.07, 6.45) is -0.445. The van der Waals surface area contributed by atoms with E-state index in [9.17, 15) is 14.0 Å². The normalized spacial score (nSPS) is 16.5. The van der Waals surface area contributed by atoms with Gasteiger partial charge in [0.1, 0.15) is 23.3 Å². The van der Waals surface area contributed by atoms with E-state index >= 15 is 0 Å². The van der Waals surface area contributed by atoms with E-state index in [-0.39, 0.29) is 18.0 Å². The quantitative estimate of drug-likeness (QED) is 0.602. The van der Waals surface area contributed by atoms with E-state index in [2.05, 4.69) is 0 Å². The van der Waals surface area contributed by atoms with Crippen molar-refractivity contribution in [3.05, 3.63) is 74.4 Å². The average molecular weight is 352 g/mol. The summed E-state index contributed by atoms with van der Waals surface area (Å²) >= 11 is 0. The minimum absolute atomic E-state index is 0.0665. The lowest BCUT2D eigenvalue weighted by molar-refractivity contribution is 0.0852. The lowest BCUT2D eigenvalue weighted by Crippen LogP contribution is -2.22. The Morgan fingerprint density at radius 2 is 1.85 bits per heavy atom. The van der Waals surface area contributed by atoms with Gasteiger partial charge in [-0.15, -0.1) is 0 Å². The van der Waals surface area contributed by atoms with Crippen LogP contribution in [0.2, 0.25) is 0 Å². The van der Waals surface area contributed by atoms with Gasteiger partial charge in [-0.3, -0.25) is 4.79 Å². The number of carbonyl (C=O) groups excluding carboxylic acids is 1. The molecule has 0 unspecified atom stereocenters. The molecule has 4 nitrogen and oxygen atoms in total. The highest BCUT2D eigenvalue weighted by molar-refractivity contribution is 6.07. The minimum atomic E-state index is -0.581. The number of benzene rings is 2. The van der Waals surface area contributed by atoms with Crippen LogP contribution in [0.1, 0.15) is 45.1 Å². The van der Waals surface area contributed by atoms with E-state index in [1.165, 1.54) is 12.1 Å². The van der Waals surface area contributed by atoms with E-state index in [1.807, 2.05) is 6.92 Å². The summed E-state index contributed by atoms with van der Waals surface area (Å²) in [5, 5.41) is 0.622. The molecule has 0 bridgehead atoms. The Hall–Kier alpha value is -2.95. The molecule has 0 aliphatic carbocycles. The molecule has 0 N–H and O–H groups in total. The lowest BCUT2D eigenvalue weighted by atomic mass is 9.90. The van der Waals surface area contributed by atoms with E-state index in [0.29, 0.717) is 39.0 Å². The Kier molecular flexibility index (Phi) is 3.68. The SMILES string of the molecule is Cc1cc2oc(=O)c(C)c(C)c2c2c1C(=O)C[C@@H](c1cccc(F)c1)O2. The number of Topliss-reactive ketones (excluding diaryl/α,β-unsaturated/α-hetero) is 1. The van der Waals surface area contributed by atoms with Crippen LogP contribution < -0.4 is 10.4 Å². The predicted molar refractivity (Wildman–Crippen MR) is 95.4 cm³/mol. The molecule has 1 aromatic heterocycles. The van der Waals surface area contributed by atoms with Crippen LogP contribution in [0.15, 0.2) is 39.5 Å². The molecule has 132 valence electrons. The van der Waals surface area contributed by atoms with Crippen molar-refractivity contribution in [3.8, 4) is 5.75 Å². The zero-order valence-electron chi connectivity index (χ0n) is 14.7. The van der Waals surface area contributed by atoms with Crippen molar-refractivity contribution in [3.63, 3.8) is 0 Å². The molecule has 5 heteroatoms. The highest BCUT2D eigenvalue weighted by Gasteiger charge is 2.32. The second-order valence-corrected chi connectivity index (χ2v) is 6.70. The number of fused-ring (bicyclic) bond motifs is 3. The molecule has 2 aromatic carbocycles. The fourth-order valence-electron chi connectivity index (χ4n) is 3.52. The molecule has 0 amide bonds. The van der Waals surface area contributed by atoms with Crippen LogP contribution in [0.4, 0.5) is 4.39 Å². The smallest absolute Gasteiger partial charge is 0.339 e. The number of carbonyl (C=O) groups is 1. The maximum Gasteiger partial charge on any atom is 0.339 e. The number of ketones is 1. The standard InChI is InChI=1S/C21H17FO4/c1-10-7-17-19(11(2)12(3)21(24)26-17)20-18(10)15(23)9-16(25-20)13-5-4-6-14(22)8-13/h4-8,16H,9H2,1-3H3/t16-/m0/s1. The molecule has 3 aromatic rings. The second-order valence-electron chi connectivity index (χ2n) is 6.70. The number of rotatable bonds is 1. The number of ether oxygens (including phenoxy) is 1. The first-order chi connectivity index (χ1) is 12.4. The predicted octanol–water partition coefficient (Wildman–Crippen LogP) is 4.56. The van der Waals surface area contributed by atoms with Crippen LogP contribution in [-0.2, 0) is 0 Å². The first-order valence-corrected chi connectivity index (χ1v) is 8.39. The van der Waals surface area contributed by atoms with Gasteiger partial charge in [-0.1, -0.05) is 12.1 Å². The van der Waals surface area contributed by atoms with Crippen molar-refractivity contribution in [1.82, 2.24) is 0 Å². The molecule has 1 atom stereocenters. The molecule has 26 heavy (non-hydrogen) atoms. The molecule has 0 spiro atoms. The first-order valence-electron chi connectivity index (χ1n) is 8.39. The average Bonchev–Trinajstić information content (AvgIpc) is 2.59. The largest absolute Gasteiger partial charge is 0.484 e. The van der Waals surface area contributed by atoms with Gasteiger partial charge in [0.25, 0.3) is 0 Å². The summed E-state index contributed by atoms with van der Waals surface area (Å²) in [4.78, 5) is 24.8. The summed E-state index contributed by atoms with van der Waals surface area (Å²) in [5.74, 6) is -0.0329. The fraction of sp³-hybridized carbons (Fsp3) is 0.238. The van der Waals surface area contributed by atoms with Gasteiger partial charge in [-0.05, 0) is 55.7 Å². The Morgan fingerprint density at radius 1 is 1.08 bits per heavy atom. The monoisotopic (exact) mass is 352 g/mol. The van der Waals surface area contributed by atoms with Crippen molar-refractivity contribution in [2.75, 3.05) is 0 Å². The summed E-state index contributed by atoms with van der Waals surface area (Å²) in [6.45, 7) is 5.28. The summed E-state index contributed by atoms with van der Waals surface area (Å²) in [5.41, 5.74) is 2.99. The van der Waals surface area contributed by atoms with Gasteiger partial charge >= 0.3 is 5.63 Å². The van der Waals surface area contributed by atoms with Crippen LogP contribution >= 0.6 is 0 Å². The van der Waals surface area contributed by atoms with E-state index in [0.717, 1.165) is 5.56 Å². The second kappa shape index (κ2) is 5.80. The van der Waals surface area contributed by atoms with Gasteiger partial charge in [0.15, 0.2) is 5.78 Å². The summed E-state index contributed by atoms with van der Waals surface area (Å²) in [6, 6.07) is 7.76. The molecule has 2 heterocycles. The third-order valence-electron chi connectivity index (χ3n) is 5.02. The van der Waals surface area contributed by atoms with E-state index in [4.69, 9.17) is 9.15 Å². The zero-order valence-corrected chi connectivity index (χ0v) is 14.7. The summed E-state index contributed by atoms with van der Waals surface area (Å²) < 4.78 is 25.2. The highest BCUT2D eigenvalue weighted by Crippen LogP contribution is 2.42. The van der Waals surface area contributed by atoms with Gasteiger partial charge in [0, 0.05) is 5.56 Å². The minimum Gasteiger partial charge on any atom is -0.484 e. The maximum absolute atomic E-state index is 13.6. The first kappa shape index (κ1) is 16.5. The van der Waals surface area contributed by atoms with Crippen molar-refractivity contribution in [1.29, 1.82) is 0 Å². The van der Waals surface area contributed by atoms with Crippen molar-refractivity contribution in [2.45, 2.75) is 33.3 Å². The van der Waals surface area contributed by atoms with Gasteiger partial charge < -0.3 is 9.15 Å². The van der Waals surface area contributed by atoms with Gasteiger partial charge in [-0.25, -0.2) is 9.18 Å². The van der Waals surface area contributed by atoms with Crippen LogP contribution in [0.3, 0.4) is 0 Å². The molecule has 4 rings (SSSR count). The van der Waals surface area contributed by atoms with Crippen LogP contribution in [0.5, 0.6) is 5.75 Å². The van der Waals surface area contributed by atoms with Crippen molar-refractivity contribution in [2.24, 2.45) is 0 Å². The number of halogens is 1. The van der Waals surface area contributed by atoms with Crippen LogP contribution in [0, 0.1) is 26.6 Å². The molecular weight excluding hydrogens is 335 g/mol. The number of hydrogen-bond donors (Lipinski definition) is 0. The maximum atomic E-state index is 13.6. The van der Waals surface area contributed by atoms with Crippen LogP contribution in [0.25, 0.3) is 11.0 Å². The lowest BCUT2D eigenvalue weighted by Gasteiger charge is -2.28. The highest BCUT2D eigenvalue weighted by atomic mass is 19.1. The molecule has 0 radical (unpaired) electrons. The third-order valence-corrected chi connectivity index (χ3v) is 5.02. The zero-order chi connectivity index (χ0) is 18.6. The molecular formula is C21H17FO4. The van der Waals surface area contributed by atoms with E-state index in [1.54, 1.807) is 32.0 Å². The molecule has 0 saturated heterocycles. The van der Waals surface area contributed by atoms with Crippen LogP contribution in [-0.4, -0.2) is 5.78 Å². The van der Waals surface area contributed by atoms with Crippen molar-refractivity contribution >= 4 is 16.8 Å². The van der Waals surface area contributed by atoms with Gasteiger partial charge in [-0.2, -0.15) is 0 Å². The Balaban J connectivity index is 1.98. The van der Waals surface area contributed by atoms with Gasteiger partial charge in [0.05, 0.1) is 17.4 Å². The molecule has 1 aliphatic heterocycles. The molecule has 0 saturated carbocycles. The Morgan fingerprint density at radius 3 is 2.58 bits per heavy atom. The van der Waals surface area contributed by atoms with E-state index < -0.39 is 11.7 Å². The summed E-state index contributed by atoms with van der Waals surface area (Å²) in [7, 11) is 0. The van der Waals surface area contributed by atoms with Crippen molar-refractivity contribution < 1.29 is 18.3 Å².